The number of hydrogen-bond acceptors (Lipinski definition) is 3. The molecule has 2 unspecified atom stereocenters. The van der Waals surface area contributed by atoms with Gasteiger partial charge in [0.2, 0.25) is 0 Å². The third kappa shape index (κ3) is 2.39. The van der Waals surface area contributed by atoms with Crippen LogP contribution in [-0.4, -0.2) is 53.6 Å². The van der Waals surface area contributed by atoms with E-state index in [-0.39, 0.29) is 6.61 Å². The average molecular weight is 163 g/mol. The fourth-order valence-electron chi connectivity index (χ4n) is 1.31. The van der Waals surface area contributed by atoms with E-state index in [0.717, 1.165) is 0 Å². The van der Waals surface area contributed by atoms with Gasteiger partial charge in [-0.3, -0.25) is 4.90 Å². The van der Waals surface area contributed by atoms with E-state index in [4.69, 9.17) is 10.2 Å². The lowest BCUT2D eigenvalue weighted by molar-refractivity contribution is -0.000773. The molecular weight excluding hydrogens is 149 g/mol. The molecule has 0 bridgehead atoms. The predicted octanol–water partition coefficient (Wildman–Crippen LogP) is -0.617. The second-order valence-electron chi connectivity index (χ2n) is 2.90. The summed E-state index contributed by atoms with van der Waals surface area (Å²) in [5, 5.41) is 17.6. The first kappa shape index (κ1) is 8.90. The molecule has 3 nitrogen and oxygen atoms in total. The van der Waals surface area contributed by atoms with Gasteiger partial charge in [0, 0.05) is 19.6 Å². The minimum Gasteiger partial charge on any atom is -0.395 e. The number of β-amino-alcohol motifs (C(OH)–C–C–N with tert-alkyl or cyclic N) is 2. The molecule has 0 aromatic heterocycles. The Morgan fingerprint density at radius 2 is 2.27 bits per heavy atom. The Kier molecular flexibility index (Phi) is 3.23. The molecule has 4 heteroatoms. The zero-order valence-corrected chi connectivity index (χ0v) is 6.41. The first-order valence-corrected chi connectivity index (χ1v) is 3.89. The van der Waals surface area contributed by atoms with E-state index in [2.05, 4.69) is 0 Å². The van der Waals surface area contributed by atoms with Crippen LogP contribution in [0.15, 0.2) is 0 Å². The number of halogens is 1. The molecule has 11 heavy (non-hydrogen) atoms. The van der Waals surface area contributed by atoms with Crippen molar-refractivity contribution in [2.75, 3.05) is 26.2 Å². The Bertz CT molecular complexity index is 123. The van der Waals surface area contributed by atoms with Crippen molar-refractivity contribution in [2.45, 2.75) is 18.7 Å². The van der Waals surface area contributed by atoms with Gasteiger partial charge in [-0.05, 0) is 6.42 Å². The number of aliphatic hydroxyl groups is 2. The van der Waals surface area contributed by atoms with Gasteiger partial charge in [-0.25, -0.2) is 4.39 Å². The van der Waals surface area contributed by atoms with E-state index in [0.29, 0.717) is 26.1 Å². The lowest BCUT2D eigenvalue weighted by atomic mass is 10.1. The second kappa shape index (κ2) is 3.99. The molecule has 1 rings (SSSR count). The molecule has 66 valence electrons. The normalized spacial score (nSPS) is 34.1. The fraction of sp³-hybridized carbons (Fsp3) is 1.00. The second-order valence-corrected chi connectivity index (χ2v) is 2.90. The van der Waals surface area contributed by atoms with E-state index in [1.807, 2.05) is 4.90 Å². The Hall–Kier alpha value is -0.190. The van der Waals surface area contributed by atoms with Crippen molar-refractivity contribution < 1.29 is 14.6 Å². The molecule has 1 aliphatic rings. The lowest BCUT2D eigenvalue weighted by Gasteiger charge is -2.31. The molecule has 2 N–H and O–H groups in total. The highest BCUT2D eigenvalue weighted by molar-refractivity contribution is 4.79. The fourth-order valence-corrected chi connectivity index (χ4v) is 1.31. The molecule has 0 radical (unpaired) electrons. The SMILES string of the molecule is OCCN1CCC(F)C(O)C1. The van der Waals surface area contributed by atoms with Gasteiger partial charge < -0.3 is 10.2 Å². The van der Waals surface area contributed by atoms with Gasteiger partial charge in [-0.2, -0.15) is 0 Å². The van der Waals surface area contributed by atoms with Gasteiger partial charge in [-0.1, -0.05) is 0 Å². The van der Waals surface area contributed by atoms with Crippen molar-refractivity contribution >= 4 is 0 Å². The van der Waals surface area contributed by atoms with Crippen molar-refractivity contribution in [1.29, 1.82) is 0 Å². The number of likely N-dealkylation sites (tertiary alicyclic amines) is 1. The zero-order valence-electron chi connectivity index (χ0n) is 6.41. The highest BCUT2D eigenvalue weighted by Gasteiger charge is 2.26. The van der Waals surface area contributed by atoms with Gasteiger partial charge in [-0.15, -0.1) is 0 Å². The molecular formula is C7H14FNO2. The van der Waals surface area contributed by atoms with Gasteiger partial charge in [0.1, 0.15) is 6.17 Å². The number of hydrogen-bond donors (Lipinski definition) is 2. The summed E-state index contributed by atoms with van der Waals surface area (Å²) in [7, 11) is 0. The number of aliphatic hydroxyl groups excluding tert-OH is 2. The van der Waals surface area contributed by atoms with Crippen LogP contribution in [0.25, 0.3) is 0 Å². The summed E-state index contributed by atoms with van der Waals surface area (Å²) in [6, 6.07) is 0. The number of alkyl halides is 1. The predicted molar refractivity (Wildman–Crippen MR) is 39.0 cm³/mol. The van der Waals surface area contributed by atoms with Gasteiger partial charge >= 0.3 is 0 Å². The van der Waals surface area contributed by atoms with Gasteiger partial charge in [0.05, 0.1) is 12.7 Å². The van der Waals surface area contributed by atoms with Crippen LogP contribution in [-0.2, 0) is 0 Å². The van der Waals surface area contributed by atoms with Crippen molar-refractivity contribution in [1.82, 2.24) is 4.90 Å². The summed E-state index contributed by atoms with van der Waals surface area (Å²) >= 11 is 0. The van der Waals surface area contributed by atoms with E-state index in [9.17, 15) is 4.39 Å². The minimum absolute atomic E-state index is 0.0731. The molecule has 0 aromatic carbocycles. The van der Waals surface area contributed by atoms with Crippen LogP contribution in [0.4, 0.5) is 4.39 Å². The molecule has 0 aromatic rings. The van der Waals surface area contributed by atoms with Gasteiger partial charge in [0.15, 0.2) is 0 Å². The van der Waals surface area contributed by atoms with Crippen LogP contribution in [0.1, 0.15) is 6.42 Å². The molecule has 0 spiro atoms. The summed E-state index contributed by atoms with van der Waals surface area (Å²) < 4.78 is 12.7. The van der Waals surface area contributed by atoms with E-state index in [1.165, 1.54) is 0 Å². The Balaban J connectivity index is 2.28. The largest absolute Gasteiger partial charge is 0.395 e. The zero-order chi connectivity index (χ0) is 8.27. The van der Waals surface area contributed by atoms with Crippen LogP contribution in [0.3, 0.4) is 0 Å². The van der Waals surface area contributed by atoms with Crippen LogP contribution in [0.5, 0.6) is 0 Å². The van der Waals surface area contributed by atoms with Crippen LogP contribution in [0, 0.1) is 0 Å². The maximum absolute atomic E-state index is 12.7. The van der Waals surface area contributed by atoms with E-state index >= 15 is 0 Å². The van der Waals surface area contributed by atoms with Crippen molar-refractivity contribution in [3.05, 3.63) is 0 Å². The van der Waals surface area contributed by atoms with E-state index < -0.39 is 12.3 Å². The standard InChI is InChI=1S/C7H14FNO2/c8-6-1-2-9(3-4-10)5-7(6)11/h6-7,10-11H,1-5H2. The molecule has 0 aliphatic carbocycles. The number of nitrogens with zero attached hydrogens (tertiary/aromatic N) is 1. The number of piperidine rings is 1. The van der Waals surface area contributed by atoms with Crippen LogP contribution in [0.2, 0.25) is 0 Å². The van der Waals surface area contributed by atoms with Crippen LogP contribution < -0.4 is 0 Å². The Morgan fingerprint density at radius 3 is 2.82 bits per heavy atom. The molecule has 0 amide bonds. The van der Waals surface area contributed by atoms with Crippen molar-refractivity contribution in [2.24, 2.45) is 0 Å². The summed E-state index contributed by atoms with van der Waals surface area (Å²) in [6.07, 6.45) is -1.57. The monoisotopic (exact) mass is 163 g/mol. The van der Waals surface area contributed by atoms with E-state index in [1.54, 1.807) is 0 Å². The Labute approximate surface area is 65.4 Å². The number of rotatable bonds is 2. The van der Waals surface area contributed by atoms with Crippen molar-refractivity contribution in [3.8, 4) is 0 Å². The third-order valence-electron chi connectivity index (χ3n) is 2.00. The summed E-state index contributed by atoms with van der Waals surface area (Å²) in [5.41, 5.74) is 0. The third-order valence-corrected chi connectivity index (χ3v) is 2.00. The maximum atomic E-state index is 12.7. The topological polar surface area (TPSA) is 43.7 Å². The summed E-state index contributed by atoms with van der Waals surface area (Å²) in [5.74, 6) is 0. The average Bonchev–Trinajstić information content (AvgIpc) is 1.98. The minimum atomic E-state index is -1.08. The molecule has 1 saturated heterocycles. The first-order valence-electron chi connectivity index (χ1n) is 3.89. The van der Waals surface area contributed by atoms with Crippen molar-refractivity contribution in [3.63, 3.8) is 0 Å². The molecule has 2 atom stereocenters. The summed E-state index contributed by atoms with van der Waals surface area (Å²) in [4.78, 5) is 1.86. The quantitative estimate of drug-likeness (QED) is 0.570. The lowest BCUT2D eigenvalue weighted by Crippen LogP contribution is -2.45. The van der Waals surface area contributed by atoms with Gasteiger partial charge in [0.25, 0.3) is 0 Å². The Morgan fingerprint density at radius 1 is 1.55 bits per heavy atom. The first-order chi connectivity index (χ1) is 5.24. The highest BCUT2D eigenvalue weighted by Crippen LogP contribution is 2.13. The maximum Gasteiger partial charge on any atom is 0.128 e. The molecule has 1 heterocycles. The molecule has 1 fully saturated rings. The molecule has 1 aliphatic heterocycles. The smallest absolute Gasteiger partial charge is 0.128 e. The summed E-state index contributed by atoms with van der Waals surface area (Å²) in [6.45, 7) is 1.59. The molecule has 0 saturated carbocycles. The van der Waals surface area contributed by atoms with Crippen LogP contribution >= 0.6 is 0 Å². The highest BCUT2D eigenvalue weighted by atomic mass is 19.1.